The minimum Gasteiger partial charge on any atom is -0.496 e. The lowest BCUT2D eigenvalue weighted by Gasteiger charge is -2.15. The summed E-state index contributed by atoms with van der Waals surface area (Å²) in [6, 6.07) is 3.11. The number of ether oxygens (including phenoxy) is 1. The van der Waals surface area contributed by atoms with Crippen molar-refractivity contribution >= 4 is 48.0 Å². The van der Waals surface area contributed by atoms with Crippen molar-refractivity contribution in [3.05, 3.63) is 22.7 Å². The third kappa shape index (κ3) is 5.39. The maximum absolute atomic E-state index is 12.2. The van der Waals surface area contributed by atoms with Gasteiger partial charge < -0.3 is 20.7 Å². The van der Waals surface area contributed by atoms with Gasteiger partial charge in [0.15, 0.2) is 0 Å². The van der Waals surface area contributed by atoms with Crippen LogP contribution in [0.15, 0.2) is 12.1 Å². The zero-order valence-electron chi connectivity index (χ0n) is 12.4. The molecule has 0 bridgehead atoms. The molecule has 0 spiro atoms. The first-order valence-corrected chi connectivity index (χ1v) is 7.13. The number of anilines is 1. The number of amides is 1. The SMILES string of the molecule is COc1cc(N)c(Cl)cc1C(=O)NCCN1CCCC1.Cl.Cl. The van der Waals surface area contributed by atoms with Crippen LogP contribution in [0.4, 0.5) is 5.69 Å². The molecule has 0 aromatic heterocycles. The predicted octanol–water partition coefficient (Wildman–Crippen LogP) is 2.60. The Hall–Kier alpha value is -0.880. The Morgan fingerprint density at radius 2 is 2.00 bits per heavy atom. The first-order valence-electron chi connectivity index (χ1n) is 6.75. The second-order valence-corrected chi connectivity index (χ2v) is 5.29. The number of halogens is 3. The Balaban J connectivity index is 0.00000220. The van der Waals surface area contributed by atoms with Gasteiger partial charge in [-0.3, -0.25) is 4.79 Å². The molecule has 1 fully saturated rings. The van der Waals surface area contributed by atoms with E-state index in [0.717, 1.165) is 19.6 Å². The van der Waals surface area contributed by atoms with Gasteiger partial charge in [-0.15, -0.1) is 24.8 Å². The molecule has 126 valence electrons. The van der Waals surface area contributed by atoms with E-state index < -0.39 is 0 Å². The lowest BCUT2D eigenvalue weighted by molar-refractivity contribution is 0.0947. The summed E-state index contributed by atoms with van der Waals surface area (Å²) < 4.78 is 5.17. The van der Waals surface area contributed by atoms with Gasteiger partial charge in [0.25, 0.3) is 5.91 Å². The van der Waals surface area contributed by atoms with Crippen molar-refractivity contribution in [1.29, 1.82) is 0 Å². The third-order valence-corrected chi connectivity index (χ3v) is 3.80. The van der Waals surface area contributed by atoms with Crippen molar-refractivity contribution < 1.29 is 9.53 Å². The molecule has 5 nitrogen and oxygen atoms in total. The molecule has 3 N–H and O–H groups in total. The number of carbonyl (C=O) groups is 1. The molecule has 1 aliphatic heterocycles. The van der Waals surface area contributed by atoms with Crippen LogP contribution in [-0.4, -0.2) is 44.1 Å². The average molecular weight is 371 g/mol. The molecule has 2 rings (SSSR count). The van der Waals surface area contributed by atoms with Crippen LogP contribution in [0, 0.1) is 0 Å². The number of nitrogen functional groups attached to an aromatic ring is 1. The average Bonchev–Trinajstić information content (AvgIpc) is 2.94. The van der Waals surface area contributed by atoms with Crippen LogP contribution in [-0.2, 0) is 0 Å². The Labute approximate surface area is 148 Å². The lowest BCUT2D eigenvalue weighted by Crippen LogP contribution is -2.33. The fourth-order valence-electron chi connectivity index (χ4n) is 2.34. The number of nitrogens with zero attached hydrogens (tertiary/aromatic N) is 1. The molecule has 1 aliphatic rings. The summed E-state index contributed by atoms with van der Waals surface area (Å²) in [5.74, 6) is 0.244. The number of benzene rings is 1. The minimum atomic E-state index is -0.192. The number of hydrogen-bond acceptors (Lipinski definition) is 4. The van der Waals surface area contributed by atoms with E-state index in [2.05, 4.69) is 10.2 Å². The van der Waals surface area contributed by atoms with Crippen LogP contribution in [0.1, 0.15) is 23.2 Å². The highest BCUT2D eigenvalue weighted by Gasteiger charge is 2.16. The smallest absolute Gasteiger partial charge is 0.255 e. The van der Waals surface area contributed by atoms with E-state index in [0.29, 0.717) is 28.6 Å². The third-order valence-electron chi connectivity index (χ3n) is 3.48. The molecule has 0 unspecified atom stereocenters. The number of hydrogen-bond donors (Lipinski definition) is 2. The molecule has 0 atom stereocenters. The van der Waals surface area contributed by atoms with Gasteiger partial charge in [0.1, 0.15) is 5.75 Å². The summed E-state index contributed by atoms with van der Waals surface area (Å²) in [6.45, 7) is 3.72. The molecule has 1 saturated heterocycles. The number of likely N-dealkylation sites (tertiary alicyclic amines) is 1. The fourth-order valence-corrected chi connectivity index (χ4v) is 2.51. The number of nitrogens with two attached hydrogens (primary N) is 1. The van der Waals surface area contributed by atoms with Gasteiger partial charge in [-0.1, -0.05) is 11.6 Å². The zero-order valence-corrected chi connectivity index (χ0v) is 14.8. The lowest BCUT2D eigenvalue weighted by atomic mass is 10.1. The molecule has 1 aromatic rings. The Morgan fingerprint density at radius 1 is 1.36 bits per heavy atom. The van der Waals surface area contributed by atoms with Gasteiger partial charge in [-0.05, 0) is 32.0 Å². The van der Waals surface area contributed by atoms with Crippen molar-refractivity contribution in [2.24, 2.45) is 0 Å². The highest BCUT2D eigenvalue weighted by atomic mass is 35.5. The van der Waals surface area contributed by atoms with E-state index in [1.165, 1.54) is 20.0 Å². The molecular formula is C14H22Cl3N3O2. The Kier molecular flexibility index (Phi) is 9.60. The van der Waals surface area contributed by atoms with E-state index in [9.17, 15) is 4.79 Å². The Morgan fingerprint density at radius 3 is 2.59 bits per heavy atom. The summed E-state index contributed by atoms with van der Waals surface area (Å²) >= 11 is 5.96. The van der Waals surface area contributed by atoms with Crippen molar-refractivity contribution in [3.8, 4) is 5.75 Å². The van der Waals surface area contributed by atoms with Crippen LogP contribution < -0.4 is 15.8 Å². The highest BCUT2D eigenvalue weighted by molar-refractivity contribution is 6.33. The van der Waals surface area contributed by atoms with Crippen molar-refractivity contribution in [3.63, 3.8) is 0 Å². The van der Waals surface area contributed by atoms with E-state index in [-0.39, 0.29) is 30.7 Å². The van der Waals surface area contributed by atoms with Crippen LogP contribution in [0.3, 0.4) is 0 Å². The van der Waals surface area contributed by atoms with E-state index in [1.807, 2.05) is 0 Å². The second kappa shape index (κ2) is 10.0. The molecule has 0 saturated carbocycles. The normalized spacial score (nSPS) is 13.9. The maximum Gasteiger partial charge on any atom is 0.255 e. The van der Waals surface area contributed by atoms with Gasteiger partial charge >= 0.3 is 0 Å². The number of carbonyl (C=O) groups excluding carboxylic acids is 1. The molecule has 0 aliphatic carbocycles. The number of methoxy groups -OCH3 is 1. The van der Waals surface area contributed by atoms with Gasteiger partial charge in [-0.2, -0.15) is 0 Å². The van der Waals surface area contributed by atoms with Gasteiger partial charge in [0, 0.05) is 19.2 Å². The van der Waals surface area contributed by atoms with E-state index in [1.54, 1.807) is 12.1 Å². The van der Waals surface area contributed by atoms with E-state index in [4.69, 9.17) is 22.1 Å². The van der Waals surface area contributed by atoms with Gasteiger partial charge in [0.05, 0.1) is 23.4 Å². The molecular weight excluding hydrogens is 349 g/mol. The topological polar surface area (TPSA) is 67.6 Å². The molecule has 1 amide bonds. The summed E-state index contributed by atoms with van der Waals surface area (Å²) in [5, 5.41) is 3.24. The van der Waals surface area contributed by atoms with Gasteiger partial charge in [-0.25, -0.2) is 0 Å². The van der Waals surface area contributed by atoms with Gasteiger partial charge in [0.2, 0.25) is 0 Å². The monoisotopic (exact) mass is 369 g/mol. The number of nitrogens with one attached hydrogen (secondary N) is 1. The fraction of sp³-hybridized carbons (Fsp3) is 0.500. The molecule has 1 heterocycles. The molecule has 0 radical (unpaired) electrons. The zero-order chi connectivity index (χ0) is 14.5. The van der Waals surface area contributed by atoms with Crippen molar-refractivity contribution in [2.45, 2.75) is 12.8 Å². The van der Waals surface area contributed by atoms with Crippen molar-refractivity contribution in [1.82, 2.24) is 10.2 Å². The molecule has 1 aromatic carbocycles. The highest BCUT2D eigenvalue weighted by Crippen LogP contribution is 2.28. The van der Waals surface area contributed by atoms with E-state index >= 15 is 0 Å². The standard InChI is InChI=1S/C14H20ClN3O2.2ClH/c1-20-13-9-12(16)11(15)8-10(13)14(19)17-4-7-18-5-2-3-6-18;;/h8-9H,2-7,16H2,1H3,(H,17,19);2*1H. The van der Waals surface area contributed by atoms with Crippen LogP contribution in [0.2, 0.25) is 5.02 Å². The van der Waals surface area contributed by atoms with Crippen LogP contribution in [0.5, 0.6) is 5.75 Å². The van der Waals surface area contributed by atoms with Crippen LogP contribution >= 0.6 is 36.4 Å². The maximum atomic E-state index is 12.2. The number of rotatable bonds is 5. The quantitative estimate of drug-likeness (QED) is 0.782. The summed E-state index contributed by atoms with van der Waals surface area (Å²) in [6.07, 6.45) is 2.49. The summed E-state index contributed by atoms with van der Waals surface area (Å²) in [5.41, 5.74) is 6.51. The molecule has 8 heteroatoms. The first kappa shape index (κ1) is 21.1. The predicted molar refractivity (Wildman–Crippen MR) is 94.9 cm³/mol. The molecule has 22 heavy (non-hydrogen) atoms. The first-order chi connectivity index (χ1) is 9.61. The Bertz CT molecular complexity index is 494. The largest absolute Gasteiger partial charge is 0.496 e. The van der Waals surface area contributed by atoms with Crippen molar-refractivity contribution in [2.75, 3.05) is 39.0 Å². The minimum absolute atomic E-state index is 0. The second-order valence-electron chi connectivity index (χ2n) is 4.88. The van der Waals surface area contributed by atoms with Crippen LogP contribution in [0.25, 0.3) is 0 Å². The summed E-state index contributed by atoms with van der Waals surface area (Å²) in [4.78, 5) is 14.5. The summed E-state index contributed by atoms with van der Waals surface area (Å²) in [7, 11) is 1.50.